The van der Waals surface area contributed by atoms with E-state index in [-0.39, 0.29) is 33.4 Å². The van der Waals surface area contributed by atoms with Gasteiger partial charge in [-0.15, -0.1) is 0 Å². The van der Waals surface area contributed by atoms with Gasteiger partial charge in [-0.1, -0.05) is 37.6 Å². The highest BCUT2D eigenvalue weighted by molar-refractivity contribution is 7.89. The van der Waals surface area contributed by atoms with Crippen LogP contribution in [-0.2, 0) is 26.7 Å². The molecule has 3 aromatic rings. The second-order valence-electron chi connectivity index (χ2n) is 9.58. The van der Waals surface area contributed by atoms with Crippen LogP contribution in [0.2, 0.25) is 0 Å². The number of benzene rings is 2. The first-order valence-electron chi connectivity index (χ1n) is 12.5. The van der Waals surface area contributed by atoms with Crippen LogP contribution >= 0.6 is 0 Å². The van der Waals surface area contributed by atoms with Crippen LogP contribution in [0, 0.1) is 0 Å². The Morgan fingerprint density at radius 3 is 2.57 bits per heavy atom. The van der Waals surface area contributed by atoms with E-state index < -0.39 is 21.5 Å². The van der Waals surface area contributed by atoms with E-state index >= 15 is 0 Å². The largest absolute Gasteiger partial charge is 0.454 e. The molecular weight excluding hydrogens is 492 g/mol. The summed E-state index contributed by atoms with van der Waals surface area (Å²) in [6.07, 6.45) is 3.11. The molecule has 2 aromatic carbocycles. The van der Waals surface area contributed by atoms with Gasteiger partial charge in [-0.05, 0) is 61.2 Å². The summed E-state index contributed by atoms with van der Waals surface area (Å²) in [4.78, 5) is 18.2. The summed E-state index contributed by atoms with van der Waals surface area (Å²) in [7, 11) is -3.75. The van der Waals surface area contributed by atoms with Crippen LogP contribution in [-0.4, -0.2) is 43.7 Å². The summed E-state index contributed by atoms with van der Waals surface area (Å²) in [6.45, 7) is 1.88. The summed E-state index contributed by atoms with van der Waals surface area (Å²) < 4.78 is 38.8. The molecule has 9 heteroatoms. The zero-order chi connectivity index (χ0) is 26.0. The first kappa shape index (κ1) is 25.4. The first-order valence-corrected chi connectivity index (χ1v) is 14.0. The predicted molar refractivity (Wildman–Crippen MR) is 142 cm³/mol. The molecule has 5 rings (SSSR count). The molecule has 1 aliphatic carbocycles. The maximum atomic E-state index is 13.4. The lowest BCUT2D eigenvalue weighted by atomic mass is 9.88. The van der Waals surface area contributed by atoms with Gasteiger partial charge in [0.05, 0.1) is 22.6 Å². The molecule has 1 aliphatic heterocycles. The molecule has 198 valence electrons. The third kappa shape index (κ3) is 5.25. The molecule has 2 heterocycles. The zero-order valence-corrected chi connectivity index (χ0v) is 21.5. The minimum Gasteiger partial charge on any atom is -0.454 e. The number of pyridine rings is 1. The van der Waals surface area contributed by atoms with Crippen molar-refractivity contribution in [3.8, 4) is 22.8 Å². The number of Topliss-reactive ketones (excluding diaryl/α,β-unsaturated/α-hetero) is 1. The lowest BCUT2D eigenvalue weighted by Gasteiger charge is -2.16. The average Bonchev–Trinajstić information content (AvgIpc) is 3.59. The quantitative estimate of drug-likeness (QED) is 0.384. The Morgan fingerprint density at radius 1 is 1.11 bits per heavy atom. The molecule has 0 bridgehead atoms. The monoisotopic (exact) mass is 526 g/mol. The molecule has 0 saturated heterocycles. The summed E-state index contributed by atoms with van der Waals surface area (Å²) in [5, 5.41) is 9.43. The molecule has 0 radical (unpaired) electrons. The molecular formula is C28H34N2O6S. The first-order chi connectivity index (χ1) is 17.8. The van der Waals surface area contributed by atoms with Crippen molar-refractivity contribution in [1.82, 2.24) is 9.71 Å². The fourth-order valence-corrected chi connectivity index (χ4v) is 6.01. The van der Waals surface area contributed by atoms with Crippen molar-refractivity contribution in [3.05, 3.63) is 71.9 Å². The van der Waals surface area contributed by atoms with Crippen LogP contribution in [0.15, 0.2) is 65.6 Å². The van der Waals surface area contributed by atoms with Crippen molar-refractivity contribution in [1.29, 1.82) is 0 Å². The average molecular weight is 527 g/mol. The molecule has 37 heavy (non-hydrogen) atoms. The molecule has 1 fully saturated rings. The SMILES string of the molecule is CCC[C@@H](CO)NS(=O)(=O)c1ccc(-c2cccc(CC(=O)C3(c4ccc5c(c4)OCO5)CC3)n2)cc1.[HH].[HH]. The molecule has 0 spiro atoms. The van der Waals surface area contributed by atoms with Gasteiger partial charge in [0.2, 0.25) is 16.8 Å². The van der Waals surface area contributed by atoms with Gasteiger partial charge >= 0.3 is 0 Å². The number of carbonyl (C=O) groups is 1. The van der Waals surface area contributed by atoms with Crippen LogP contribution in [0.25, 0.3) is 11.3 Å². The summed E-state index contributed by atoms with van der Waals surface area (Å²) >= 11 is 0. The molecule has 0 unspecified atom stereocenters. The highest BCUT2D eigenvalue weighted by atomic mass is 32.2. The Kier molecular flexibility index (Phi) is 7.02. The van der Waals surface area contributed by atoms with Crippen LogP contribution in [0.4, 0.5) is 0 Å². The van der Waals surface area contributed by atoms with Gasteiger partial charge in [0.25, 0.3) is 0 Å². The Morgan fingerprint density at radius 2 is 1.86 bits per heavy atom. The van der Waals surface area contributed by atoms with Gasteiger partial charge in [-0.3, -0.25) is 9.78 Å². The number of carbonyl (C=O) groups excluding carboxylic acids is 1. The van der Waals surface area contributed by atoms with E-state index in [0.717, 1.165) is 30.4 Å². The van der Waals surface area contributed by atoms with E-state index in [1.165, 1.54) is 12.1 Å². The number of rotatable bonds is 11. The second-order valence-corrected chi connectivity index (χ2v) is 11.3. The van der Waals surface area contributed by atoms with Crippen LogP contribution < -0.4 is 14.2 Å². The third-order valence-electron chi connectivity index (χ3n) is 7.00. The smallest absolute Gasteiger partial charge is 0.240 e. The number of nitrogens with one attached hydrogen (secondary N) is 1. The number of sulfonamides is 1. The number of aliphatic hydroxyl groups is 1. The van der Waals surface area contributed by atoms with E-state index in [1.807, 2.05) is 43.3 Å². The van der Waals surface area contributed by atoms with E-state index in [4.69, 9.17) is 9.47 Å². The van der Waals surface area contributed by atoms with Crippen molar-refractivity contribution in [3.63, 3.8) is 0 Å². The Bertz CT molecular complexity index is 1410. The summed E-state index contributed by atoms with van der Waals surface area (Å²) in [5.41, 5.74) is 2.52. The molecule has 1 atom stereocenters. The van der Waals surface area contributed by atoms with Crippen molar-refractivity contribution < 1.29 is 30.6 Å². The summed E-state index contributed by atoms with van der Waals surface area (Å²) in [5.74, 6) is 1.49. The summed E-state index contributed by atoms with van der Waals surface area (Å²) in [6, 6.07) is 17.2. The van der Waals surface area contributed by atoms with E-state index in [9.17, 15) is 18.3 Å². The van der Waals surface area contributed by atoms with Gasteiger partial charge in [0, 0.05) is 26.6 Å². The zero-order valence-electron chi connectivity index (χ0n) is 20.6. The number of ketones is 1. The fourth-order valence-electron chi connectivity index (χ4n) is 4.75. The highest BCUT2D eigenvalue weighted by Crippen LogP contribution is 2.51. The van der Waals surface area contributed by atoms with Crippen molar-refractivity contribution in [2.24, 2.45) is 0 Å². The number of aliphatic hydroxyl groups excluding tert-OH is 1. The number of fused-ring (bicyclic) bond motifs is 1. The number of hydrogen-bond donors (Lipinski definition) is 2. The molecule has 8 nitrogen and oxygen atoms in total. The molecule has 1 aromatic heterocycles. The number of hydrogen-bond acceptors (Lipinski definition) is 7. The molecule has 2 N–H and O–H groups in total. The van der Waals surface area contributed by atoms with E-state index in [0.29, 0.717) is 29.3 Å². The van der Waals surface area contributed by atoms with Crippen LogP contribution in [0.3, 0.4) is 0 Å². The lowest BCUT2D eigenvalue weighted by Crippen LogP contribution is -2.37. The van der Waals surface area contributed by atoms with Crippen LogP contribution in [0.1, 0.15) is 46.7 Å². The van der Waals surface area contributed by atoms with Gasteiger partial charge in [-0.25, -0.2) is 13.1 Å². The Balaban J connectivity index is 0.00000210. The molecule has 1 saturated carbocycles. The number of aromatic nitrogens is 1. The van der Waals surface area contributed by atoms with Crippen molar-refractivity contribution >= 4 is 15.8 Å². The van der Waals surface area contributed by atoms with E-state index in [2.05, 4.69) is 9.71 Å². The van der Waals surface area contributed by atoms with Crippen LogP contribution in [0.5, 0.6) is 11.5 Å². The highest BCUT2D eigenvalue weighted by Gasteiger charge is 2.51. The standard InChI is InChI=1S/C28H30N2O6S.2H2/c1-2-4-22(17-31)30-37(33,34)23-10-7-19(8-11-23)24-6-3-5-21(29-24)16-27(32)28(13-14-28)20-9-12-25-26(15-20)36-18-35-25;;/h3,5-12,15,22,30-31H,2,4,13-14,16-18H2,1H3;2*1H/t22-;;/m0../s1. The van der Waals surface area contributed by atoms with E-state index in [1.54, 1.807) is 12.1 Å². The van der Waals surface area contributed by atoms with Gasteiger partial charge in [0.15, 0.2) is 11.5 Å². The lowest BCUT2D eigenvalue weighted by molar-refractivity contribution is -0.120. The maximum absolute atomic E-state index is 13.4. The van der Waals surface area contributed by atoms with Gasteiger partial charge in [0.1, 0.15) is 5.78 Å². The number of ether oxygens (including phenoxy) is 2. The van der Waals surface area contributed by atoms with Crippen molar-refractivity contribution in [2.75, 3.05) is 13.4 Å². The van der Waals surface area contributed by atoms with Gasteiger partial charge in [-0.2, -0.15) is 0 Å². The fraction of sp³-hybridized carbons (Fsp3) is 0.357. The maximum Gasteiger partial charge on any atom is 0.240 e. The normalized spacial score (nSPS) is 16.4. The Hall–Kier alpha value is -3.27. The third-order valence-corrected chi connectivity index (χ3v) is 8.53. The Labute approximate surface area is 219 Å². The molecule has 2 aliphatic rings. The second kappa shape index (κ2) is 10.2. The number of nitrogens with zero attached hydrogens (tertiary/aromatic N) is 1. The topological polar surface area (TPSA) is 115 Å². The minimum atomic E-state index is -3.75. The predicted octanol–water partition coefficient (Wildman–Crippen LogP) is 4.25. The van der Waals surface area contributed by atoms with Crippen molar-refractivity contribution in [2.45, 2.75) is 55.4 Å². The minimum absolute atomic E-state index is 0. The van der Waals surface area contributed by atoms with Gasteiger partial charge < -0.3 is 14.6 Å². The molecule has 0 amide bonds.